The first kappa shape index (κ1) is 8.84. The maximum Gasteiger partial charge on any atom is 0.444 e. The molecule has 8 heteroatoms. The molecule has 0 atom stereocenters. The highest BCUT2D eigenvalue weighted by Gasteiger charge is 2.25. The topological polar surface area (TPSA) is 125 Å². The van der Waals surface area contributed by atoms with Gasteiger partial charge in [0.15, 0.2) is 0 Å². The number of aromatic nitrogens is 1. The molecule has 0 aliphatic heterocycles. The Labute approximate surface area is 71.3 Å². The van der Waals surface area contributed by atoms with Crippen molar-refractivity contribution >= 4 is 17.3 Å². The van der Waals surface area contributed by atoms with Crippen molar-refractivity contribution in [2.75, 3.05) is 5.73 Å². The van der Waals surface area contributed by atoms with Gasteiger partial charge in [-0.2, -0.15) is 0 Å². The quantitative estimate of drug-likeness (QED) is 0.526. The van der Waals surface area contributed by atoms with Crippen LogP contribution in [0.25, 0.3) is 0 Å². The van der Waals surface area contributed by atoms with Crippen LogP contribution >= 0.6 is 0 Å². The standard InChI is InChI=1S/C5H4N4O4/c6-4-2-1-3(8(10)11)5(7-4)9(12)13/h1-2H,(H2,6,7). The Morgan fingerprint density at radius 2 is 1.85 bits per heavy atom. The maximum atomic E-state index is 10.3. The van der Waals surface area contributed by atoms with E-state index in [2.05, 4.69) is 4.98 Å². The molecule has 0 aromatic carbocycles. The summed E-state index contributed by atoms with van der Waals surface area (Å²) in [5.74, 6) is -0.970. The lowest BCUT2D eigenvalue weighted by molar-refractivity contribution is -0.425. The van der Waals surface area contributed by atoms with Gasteiger partial charge in [-0.15, -0.1) is 0 Å². The van der Waals surface area contributed by atoms with Gasteiger partial charge in [-0.25, -0.2) is 0 Å². The van der Waals surface area contributed by atoms with Crippen molar-refractivity contribution in [1.29, 1.82) is 0 Å². The highest BCUT2D eigenvalue weighted by Crippen LogP contribution is 2.24. The predicted octanol–water partition coefficient (Wildman–Crippen LogP) is 0.480. The molecule has 1 rings (SSSR count). The van der Waals surface area contributed by atoms with Gasteiger partial charge in [0.1, 0.15) is 0 Å². The fourth-order valence-electron chi connectivity index (χ4n) is 0.733. The number of pyridine rings is 1. The van der Waals surface area contributed by atoms with Gasteiger partial charge in [0, 0.05) is 12.1 Å². The van der Waals surface area contributed by atoms with E-state index in [0.29, 0.717) is 0 Å². The van der Waals surface area contributed by atoms with Crippen LogP contribution in [0.4, 0.5) is 17.3 Å². The number of nitrogens with zero attached hydrogens (tertiary/aromatic N) is 3. The van der Waals surface area contributed by atoms with Crippen LogP contribution in [0, 0.1) is 20.2 Å². The van der Waals surface area contributed by atoms with E-state index < -0.39 is 21.4 Å². The van der Waals surface area contributed by atoms with Gasteiger partial charge in [0.2, 0.25) is 5.82 Å². The number of nitro groups is 2. The summed E-state index contributed by atoms with van der Waals surface area (Å²) in [7, 11) is 0. The van der Waals surface area contributed by atoms with Crippen molar-refractivity contribution in [3.8, 4) is 0 Å². The van der Waals surface area contributed by atoms with E-state index in [9.17, 15) is 20.2 Å². The zero-order valence-corrected chi connectivity index (χ0v) is 6.21. The summed E-state index contributed by atoms with van der Waals surface area (Å²) in [6.45, 7) is 0. The van der Waals surface area contributed by atoms with Gasteiger partial charge in [0.25, 0.3) is 0 Å². The van der Waals surface area contributed by atoms with Crippen LogP contribution in [0.2, 0.25) is 0 Å². The first-order valence-electron chi connectivity index (χ1n) is 3.07. The average Bonchev–Trinajstić information content (AvgIpc) is 2.03. The van der Waals surface area contributed by atoms with Crippen LogP contribution in [0.3, 0.4) is 0 Å². The van der Waals surface area contributed by atoms with E-state index in [1.165, 1.54) is 0 Å². The van der Waals surface area contributed by atoms with Crippen LogP contribution in [-0.2, 0) is 0 Å². The molecule has 1 aromatic rings. The Bertz CT molecular complexity index is 377. The molecular weight excluding hydrogens is 180 g/mol. The zero-order valence-electron chi connectivity index (χ0n) is 6.21. The van der Waals surface area contributed by atoms with Gasteiger partial charge >= 0.3 is 11.5 Å². The molecule has 0 radical (unpaired) electrons. The highest BCUT2D eigenvalue weighted by atomic mass is 16.6. The summed E-state index contributed by atoms with van der Waals surface area (Å²) in [6.07, 6.45) is 0. The minimum absolute atomic E-state index is 0.127. The number of rotatable bonds is 2. The van der Waals surface area contributed by atoms with Crippen molar-refractivity contribution in [1.82, 2.24) is 4.98 Å². The summed E-state index contributed by atoms with van der Waals surface area (Å²) in [5, 5.41) is 20.5. The molecule has 0 saturated carbocycles. The SMILES string of the molecule is Nc1ccc([N+](=O)[O-])c([N+](=O)[O-])n1. The van der Waals surface area contributed by atoms with E-state index in [1.807, 2.05) is 0 Å². The Morgan fingerprint density at radius 3 is 2.31 bits per heavy atom. The Balaban J connectivity index is 3.35. The number of nitrogen functional groups attached to an aromatic ring is 1. The second kappa shape index (κ2) is 3.01. The van der Waals surface area contributed by atoms with Gasteiger partial charge in [0.05, 0.1) is 4.92 Å². The minimum Gasteiger partial charge on any atom is -0.363 e. The van der Waals surface area contributed by atoms with Crippen LogP contribution < -0.4 is 5.73 Å². The van der Waals surface area contributed by atoms with E-state index in [1.54, 1.807) is 0 Å². The molecule has 0 saturated heterocycles. The normalized spacial score (nSPS) is 9.54. The fourth-order valence-corrected chi connectivity index (χ4v) is 0.733. The predicted molar refractivity (Wildman–Crippen MR) is 42.0 cm³/mol. The summed E-state index contributed by atoms with van der Waals surface area (Å²) < 4.78 is 0. The largest absolute Gasteiger partial charge is 0.444 e. The lowest BCUT2D eigenvalue weighted by Gasteiger charge is -1.93. The maximum absolute atomic E-state index is 10.3. The monoisotopic (exact) mass is 184 g/mol. The third kappa shape index (κ3) is 1.67. The molecule has 68 valence electrons. The zero-order chi connectivity index (χ0) is 10.0. The van der Waals surface area contributed by atoms with Crippen molar-refractivity contribution in [2.45, 2.75) is 0 Å². The second-order valence-electron chi connectivity index (χ2n) is 2.09. The molecule has 0 aliphatic rings. The van der Waals surface area contributed by atoms with Crippen LogP contribution in [0.5, 0.6) is 0 Å². The summed E-state index contributed by atoms with van der Waals surface area (Å²) >= 11 is 0. The first-order valence-corrected chi connectivity index (χ1v) is 3.07. The third-order valence-electron chi connectivity index (χ3n) is 1.25. The van der Waals surface area contributed by atoms with Crippen molar-refractivity contribution in [3.63, 3.8) is 0 Å². The van der Waals surface area contributed by atoms with Gasteiger partial charge < -0.3 is 15.8 Å². The molecule has 13 heavy (non-hydrogen) atoms. The number of anilines is 1. The Morgan fingerprint density at radius 1 is 1.23 bits per heavy atom. The van der Waals surface area contributed by atoms with E-state index in [0.717, 1.165) is 12.1 Å². The summed E-state index contributed by atoms with van der Waals surface area (Å²) in [5.41, 5.74) is 4.46. The second-order valence-corrected chi connectivity index (χ2v) is 2.09. The fraction of sp³-hybridized carbons (Fsp3) is 0. The molecule has 0 bridgehead atoms. The molecule has 0 aliphatic carbocycles. The first-order chi connectivity index (χ1) is 6.02. The number of nitrogens with two attached hydrogens (primary N) is 1. The lowest BCUT2D eigenvalue weighted by Crippen LogP contribution is -2.01. The highest BCUT2D eigenvalue weighted by molar-refractivity contribution is 5.51. The molecule has 0 amide bonds. The smallest absolute Gasteiger partial charge is 0.363 e. The van der Waals surface area contributed by atoms with E-state index in [4.69, 9.17) is 5.73 Å². The van der Waals surface area contributed by atoms with Crippen LogP contribution in [0.15, 0.2) is 12.1 Å². The third-order valence-corrected chi connectivity index (χ3v) is 1.25. The molecule has 8 nitrogen and oxygen atoms in total. The minimum atomic E-state index is -0.950. The number of hydrogen-bond acceptors (Lipinski definition) is 6. The van der Waals surface area contributed by atoms with Crippen LogP contribution in [0.1, 0.15) is 0 Å². The molecule has 2 N–H and O–H groups in total. The number of hydrogen-bond donors (Lipinski definition) is 1. The Hall–Kier alpha value is -2.25. The van der Waals surface area contributed by atoms with E-state index in [-0.39, 0.29) is 5.82 Å². The molecule has 1 aromatic heterocycles. The van der Waals surface area contributed by atoms with Gasteiger partial charge in [-0.1, -0.05) is 0 Å². The summed E-state index contributed by atoms with van der Waals surface area (Å²) in [4.78, 5) is 21.9. The lowest BCUT2D eigenvalue weighted by atomic mass is 10.4. The van der Waals surface area contributed by atoms with Crippen molar-refractivity contribution in [2.24, 2.45) is 0 Å². The molecule has 1 heterocycles. The van der Waals surface area contributed by atoms with Crippen LogP contribution in [-0.4, -0.2) is 14.8 Å². The van der Waals surface area contributed by atoms with Crippen molar-refractivity contribution in [3.05, 3.63) is 32.4 Å². The molecule has 0 fully saturated rings. The van der Waals surface area contributed by atoms with Gasteiger partial charge in [-0.3, -0.25) is 10.1 Å². The molecule has 0 spiro atoms. The van der Waals surface area contributed by atoms with E-state index >= 15 is 0 Å². The van der Waals surface area contributed by atoms with Crippen molar-refractivity contribution < 1.29 is 9.85 Å². The van der Waals surface area contributed by atoms with Gasteiger partial charge in [-0.05, 0) is 9.91 Å². The molecular formula is C5H4N4O4. The average molecular weight is 184 g/mol. The Kier molecular flexibility index (Phi) is 2.05. The molecule has 0 unspecified atom stereocenters. The summed E-state index contributed by atoms with van der Waals surface area (Å²) in [6, 6.07) is 2.07.